The van der Waals surface area contributed by atoms with E-state index in [2.05, 4.69) is 15.5 Å². The van der Waals surface area contributed by atoms with Crippen molar-refractivity contribution < 1.29 is 14.4 Å². The van der Waals surface area contributed by atoms with Crippen molar-refractivity contribution in [1.29, 1.82) is 0 Å². The van der Waals surface area contributed by atoms with Gasteiger partial charge in [-0.15, -0.1) is 0 Å². The van der Waals surface area contributed by atoms with Gasteiger partial charge in [0.15, 0.2) is 5.82 Å². The van der Waals surface area contributed by atoms with E-state index in [4.69, 9.17) is 4.52 Å². The number of hydrogen-bond acceptors (Lipinski definition) is 5. The summed E-state index contributed by atoms with van der Waals surface area (Å²) in [4.78, 5) is 15.8. The Morgan fingerprint density at radius 3 is 2.89 bits per heavy atom. The van der Waals surface area contributed by atoms with Crippen molar-refractivity contribution in [1.82, 2.24) is 15.5 Å². The minimum Gasteiger partial charge on any atom is -0.507 e. The fourth-order valence-electron chi connectivity index (χ4n) is 1.50. The van der Waals surface area contributed by atoms with E-state index in [1.54, 1.807) is 19.1 Å². The highest BCUT2D eigenvalue weighted by Gasteiger charge is 2.12. The lowest BCUT2D eigenvalue weighted by atomic mass is 10.1. The predicted molar refractivity (Wildman–Crippen MR) is 63.0 cm³/mol. The highest BCUT2D eigenvalue weighted by Crippen LogP contribution is 2.17. The van der Waals surface area contributed by atoms with E-state index in [0.29, 0.717) is 11.7 Å². The van der Waals surface area contributed by atoms with Crippen molar-refractivity contribution in [2.24, 2.45) is 0 Å². The Kier molecular flexibility index (Phi) is 3.27. The van der Waals surface area contributed by atoms with Gasteiger partial charge in [0.1, 0.15) is 5.75 Å². The van der Waals surface area contributed by atoms with E-state index >= 15 is 0 Å². The Bertz CT molecular complexity index is 578. The number of phenolic OH excluding ortho intramolecular Hbond substituents is 1. The molecule has 0 aliphatic rings. The Balaban J connectivity index is 2.05. The fourth-order valence-corrected chi connectivity index (χ4v) is 1.50. The topological polar surface area (TPSA) is 88.2 Å². The first-order chi connectivity index (χ1) is 8.56. The highest BCUT2D eigenvalue weighted by atomic mass is 16.5. The number of hydrogen-bond donors (Lipinski definition) is 2. The molecule has 0 aliphatic carbocycles. The van der Waals surface area contributed by atoms with E-state index in [1.165, 1.54) is 6.07 Å². The minimum absolute atomic E-state index is 0.0533. The number of rotatable bonds is 3. The average Bonchev–Trinajstić information content (AvgIpc) is 2.75. The van der Waals surface area contributed by atoms with Crippen molar-refractivity contribution >= 4 is 5.91 Å². The lowest BCUT2D eigenvalue weighted by Crippen LogP contribution is -2.23. The summed E-state index contributed by atoms with van der Waals surface area (Å²) >= 11 is 0. The Labute approximate surface area is 104 Å². The number of aromatic hydroxyl groups is 1. The minimum atomic E-state index is -0.376. The van der Waals surface area contributed by atoms with Crippen molar-refractivity contribution in [3.8, 4) is 5.75 Å². The van der Waals surface area contributed by atoms with Crippen LogP contribution in [0.15, 0.2) is 22.7 Å². The summed E-state index contributed by atoms with van der Waals surface area (Å²) in [5, 5.41) is 15.9. The summed E-state index contributed by atoms with van der Waals surface area (Å²) in [5.41, 5.74) is 1.13. The molecular weight excluding hydrogens is 234 g/mol. The third kappa shape index (κ3) is 2.65. The number of carbonyl (C=O) groups excluding carboxylic acids is 1. The molecule has 0 radical (unpaired) electrons. The zero-order chi connectivity index (χ0) is 13.1. The van der Waals surface area contributed by atoms with Crippen LogP contribution in [-0.4, -0.2) is 21.2 Å². The van der Waals surface area contributed by atoms with E-state index in [-0.39, 0.29) is 23.8 Å². The molecule has 0 fully saturated rings. The zero-order valence-electron chi connectivity index (χ0n) is 10.1. The smallest absolute Gasteiger partial charge is 0.255 e. The second-order valence-electron chi connectivity index (χ2n) is 3.93. The molecule has 0 saturated heterocycles. The molecule has 0 aliphatic heterocycles. The molecule has 2 aromatic rings. The number of nitrogens with one attached hydrogen (secondary N) is 1. The van der Waals surface area contributed by atoms with Gasteiger partial charge in [-0.3, -0.25) is 4.79 Å². The number of benzene rings is 1. The third-order valence-corrected chi connectivity index (χ3v) is 2.37. The van der Waals surface area contributed by atoms with E-state index < -0.39 is 0 Å². The molecule has 6 nitrogen and oxygen atoms in total. The molecule has 1 aromatic heterocycles. The van der Waals surface area contributed by atoms with E-state index in [1.807, 2.05) is 6.92 Å². The second kappa shape index (κ2) is 4.87. The van der Waals surface area contributed by atoms with Crippen molar-refractivity contribution in [3.05, 3.63) is 41.0 Å². The number of aromatic nitrogens is 2. The van der Waals surface area contributed by atoms with Gasteiger partial charge in [-0.1, -0.05) is 16.8 Å². The van der Waals surface area contributed by atoms with Gasteiger partial charge in [0.05, 0.1) is 12.1 Å². The summed E-state index contributed by atoms with van der Waals surface area (Å²) in [5.74, 6) is 0.409. The summed E-state index contributed by atoms with van der Waals surface area (Å²) < 4.78 is 4.78. The maximum Gasteiger partial charge on any atom is 0.255 e. The van der Waals surface area contributed by atoms with Crippen LogP contribution in [0.1, 0.15) is 27.6 Å². The molecule has 1 amide bonds. The molecule has 1 heterocycles. The Morgan fingerprint density at radius 1 is 1.44 bits per heavy atom. The first-order valence-corrected chi connectivity index (χ1v) is 5.43. The van der Waals surface area contributed by atoms with Crippen LogP contribution in [0.5, 0.6) is 5.75 Å². The van der Waals surface area contributed by atoms with Gasteiger partial charge in [0.2, 0.25) is 5.89 Å². The molecule has 0 atom stereocenters. The number of carbonyl (C=O) groups is 1. The fraction of sp³-hybridized carbons (Fsp3) is 0.250. The molecule has 18 heavy (non-hydrogen) atoms. The highest BCUT2D eigenvalue weighted by molar-refractivity contribution is 5.96. The maximum absolute atomic E-state index is 11.8. The van der Waals surface area contributed by atoms with Crippen molar-refractivity contribution in [2.45, 2.75) is 20.4 Å². The Hall–Kier alpha value is -2.37. The van der Waals surface area contributed by atoms with Gasteiger partial charge in [0.25, 0.3) is 5.91 Å². The van der Waals surface area contributed by atoms with Crippen LogP contribution in [0, 0.1) is 13.8 Å². The molecule has 1 aromatic carbocycles. The molecule has 0 bridgehead atoms. The summed E-state index contributed by atoms with van der Waals surface area (Å²) in [6.07, 6.45) is 0. The lowest BCUT2D eigenvalue weighted by Gasteiger charge is -2.05. The van der Waals surface area contributed by atoms with E-state index in [0.717, 1.165) is 5.56 Å². The zero-order valence-corrected chi connectivity index (χ0v) is 10.1. The van der Waals surface area contributed by atoms with Crippen LogP contribution in [-0.2, 0) is 6.54 Å². The summed E-state index contributed by atoms with van der Waals surface area (Å²) in [6, 6.07) is 4.84. The third-order valence-electron chi connectivity index (χ3n) is 2.37. The van der Waals surface area contributed by atoms with Gasteiger partial charge in [-0.25, -0.2) is 0 Å². The molecule has 6 heteroatoms. The molecule has 94 valence electrons. The molecule has 2 rings (SSSR count). The van der Waals surface area contributed by atoms with E-state index in [9.17, 15) is 9.90 Å². The van der Waals surface area contributed by atoms with Crippen molar-refractivity contribution in [3.63, 3.8) is 0 Å². The Morgan fingerprint density at radius 2 is 2.22 bits per heavy atom. The largest absolute Gasteiger partial charge is 0.507 e. The van der Waals surface area contributed by atoms with Crippen LogP contribution in [0.2, 0.25) is 0 Å². The van der Waals surface area contributed by atoms with Gasteiger partial charge >= 0.3 is 0 Å². The van der Waals surface area contributed by atoms with Crippen LogP contribution in [0.4, 0.5) is 0 Å². The first-order valence-electron chi connectivity index (χ1n) is 5.43. The number of phenols is 1. The quantitative estimate of drug-likeness (QED) is 0.854. The molecule has 0 saturated carbocycles. The van der Waals surface area contributed by atoms with Crippen LogP contribution < -0.4 is 5.32 Å². The lowest BCUT2D eigenvalue weighted by molar-refractivity contribution is 0.0947. The number of amides is 1. The average molecular weight is 247 g/mol. The number of nitrogens with zero attached hydrogens (tertiary/aromatic N) is 2. The van der Waals surface area contributed by atoms with Crippen LogP contribution >= 0.6 is 0 Å². The van der Waals surface area contributed by atoms with Gasteiger partial charge < -0.3 is 14.9 Å². The second-order valence-corrected chi connectivity index (χ2v) is 3.93. The molecule has 0 spiro atoms. The summed E-state index contributed by atoms with van der Waals surface area (Å²) in [6.45, 7) is 3.67. The van der Waals surface area contributed by atoms with Gasteiger partial charge in [-0.2, -0.15) is 4.98 Å². The molecule has 0 unspecified atom stereocenters. The maximum atomic E-state index is 11.8. The number of aryl methyl sites for hydroxylation is 2. The van der Waals surface area contributed by atoms with Gasteiger partial charge in [0, 0.05) is 6.92 Å². The van der Waals surface area contributed by atoms with Crippen LogP contribution in [0.3, 0.4) is 0 Å². The predicted octanol–water partition coefficient (Wildman–Crippen LogP) is 1.32. The van der Waals surface area contributed by atoms with Crippen molar-refractivity contribution in [2.75, 3.05) is 0 Å². The van der Waals surface area contributed by atoms with Gasteiger partial charge in [-0.05, 0) is 19.1 Å². The first kappa shape index (κ1) is 12.1. The molecule has 2 N–H and O–H groups in total. The van der Waals surface area contributed by atoms with Crippen LogP contribution in [0.25, 0.3) is 0 Å². The normalized spacial score (nSPS) is 10.3. The standard InChI is InChI=1S/C12H13N3O3/c1-7-3-4-10(16)9(5-7)12(17)13-6-11-14-8(2)18-15-11/h3-5,16H,6H2,1-2H3,(H,13,17). The monoisotopic (exact) mass is 247 g/mol. The molecular formula is C12H13N3O3. The SMILES string of the molecule is Cc1ccc(O)c(C(=O)NCc2noc(C)n2)c1. The summed E-state index contributed by atoms with van der Waals surface area (Å²) in [7, 11) is 0.